The van der Waals surface area contributed by atoms with Gasteiger partial charge >= 0.3 is 5.97 Å². The number of Topliss-reactive ketones (excluding diaryl/α,β-unsaturated/α-hetero) is 1. The lowest BCUT2D eigenvalue weighted by molar-refractivity contribution is 0.0688. The van der Waals surface area contributed by atoms with Gasteiger partial charge in [-0.2, -0.15) is 5.10 Å². The maximum Gasteiger partial charge on any atom is 0.357 e. The van der Waals surface area contributed by atoms with Gasteiger partial charge in [-0.3, -0.25) is 9.59 Å². The van der Waals surface area contributed by atoms with Gasteiger partial charge in [0, 0.05) is 10.9 Å². The van der Waals surface area contributed by atoms with Crippen LogP contribution in [0.25, 0.3) is 10.8 Å². The molecule has 6 heteroatoms. The predicted octanol–water partition coefficient (Wildman–Crippen LogP) is 2.54. The van der Waals surface area contributed by atoms with Crippen molar-refractivity contribution in [2.24, 2.45) is 0 Å². The summed E-state index contributed by atoms with van der Waals surface area (Å²) >= 11 is 0. The van der Waals surface area contributed by atoms with Crippen molar-refractivity contribution in [2.45, 2.75) is 19.9 Å². The van der Waals surface area contributed by atoms with E-state index < -0.39 is 11.5 Å². The highest BCUT2D eigenvalue weighted by Gasteiger charge is 2.17. The number of hydrogen-bond donors (Lipinski definition) is 1. The second-order valence-corrected chi connectivity index (χ2v) is 5.64. The van der Waals surface area contributed by atoms with Gasteiger partial charge in [0.15, 0.2) is 11.5 Å². The standard InChI is InChI=1S/C19H16N2O4/c1-2-12-7-9-13(10-8-12)16(22)11-21-18(23)15-6-4-3-5-14(15)17(20-21)19(24)25/h3-10H,2,11H2,1H3,(H,24,25). The third kappa shape index (κ3) is 3.19. The van der Waals surface area contributed by atoms with E-state index in [9.17, 15) is 19.5 Å². The molecular weight excluding hydrogens is 320 g/mol. The maximum atomic E-state index is 12.5. The molecule has 0 aliphatic heterocycles. The molecule has 0 saturated carbocycles. The fourth-order valence-corrected chi connectivity index (χ4v) is 2.65. The molecule has 0 atom stereocenters. The van der Waals surface area contributed by atoms with Crippen LogP contribution in [0.5, 0.6) is 0 Å². The summed E-state index contributed by atoms with van der Waals surface area (Å²) in [7, 11) is 0. The monoisotopic (exact) mass is 336 g/mol. The first kappa shape index (κ1) is 16.6. The number of carboxylic acid groups (broad SMARTS) is 1. The topological polar surface area (TPSA) is 89.3 Å². The first-order valence-corrected chi connectivity index (χ1v) is 7.86. The number of carboxylic acids is 1. The number of fused-ring (bicyclic) bond motifs is 1. The van der Waals surface area contributed by atoms with Crippen molar-refractivity contribution in [3.63, 3.8) is 0 Å². The first-order chi connectivity index (χ1) is 12.0. The number of hydrogen-bond acceptors (Lipinski definition) is 4. The molecule has 0 amide bonds. The van der Waals surface area contributed by atoms with Crippen LogP contribution in [0.3, 0.4) is 0 Å². The summed E-state index contributed by atoms with van der Waals surface area (Å²) in [5.41, 5.74) is 0.824. The molecule has 0 spiro atoms. The van der Waals surface area contributed by atoms with Crippen molar-refractivity contribution in [2.75, 3.05) is 0 Å². The summed E-state index contributed by atoms with van der Waals surface area (Å²) in [5, 5.41) is 13.7. The normalized spacial score (nSPS) is 10.8. The summed E-state index contributed by atoms with van der Waals surface area (Å²) in [6.45, 7) is 1.71. The molecule has 0 aliphatic rings. The van der Waals surface area contributed by atoms with E-state index in [1.807, 2.05) is 19.1 Å². The van der Waals surface area contributed by atoms with Crippen molar-refractivity contribution >= 4 is 22.5 Å². The third-order valence-corrected chi connectivity index (χ3v) is 4.05. The molecule has 1 aromatic heterocycles. The van der Waals surface area contributed by atoms with Crippen molar-refractivity contribution in [3.05, 3.63) is 75.7 Å². The average Bonchev–Trinajstić information content (AvgIpc) is 2.63. The summed E-state index contributed by atoms with van der Waals surface area (Å²) in [4.78, 5) is 36.4. The Balaban J connectivity index is 2.03. The Morgan fingerprint density at radius 2 is 1.68 bits per heavy atom. The second kappa shape index (κ2) is 6.68. The molecule has 0 aliphatic carbocycles. The molecule has 3 aromatic rings. The Morgan fingerprint density at radius 3 is 2.28 bits per heavy atom. The molecule has 6 nitrogen and oxygen atoms in total. The van der Waals surface area contributed by atoms with E-state index >= 15 is 0 Å². The molecule has 0 bridgehead atoms. The van der Waals surface area contributed by atoms with Gasteiger partial charge in [0.05, 0.1) is 5.39 Å². The van der Waals surface area contributed by atoms with Gasteiger partial charge in [0.2, 0.25) is 0 Å². The van der Waals surface area contributed by atoms with Gasteiger partial charge in [0.25, 0.3) is 5.56 Å². The zero-order chi connectivity index (χ0) is 18.0. The first-order valence-electron chi connectivity index (χ1n) is 7.86. The quantitative estimate of drug-likeness (QED) is 0.723. The molecule has 0 saturated heterocycles. The van der Waals surface area contributed by atoms with E-state index in [1.54, 1.807) is 24.3 Å². The molecule has 3 rings (SSSR count). The van der Waals surface area contributed by atoms with Gasteiger partial charge in [-0.15, -0.1) is 0 Å². The number of nitrogens with zero attached hydrogens (tertiary/aromatic N) is 2. The van der Waals surface area contributed by atoms with E-state index in [4.69, 9.17) is 0 Å². The van der Waals surface area contributed by atoms with Crippen molar-refractivity contribution < 1.29 is 14.7 Å². The highest BCUT2D eigenvalue weighted by Crippen LogP contribution is 2.13. The average molecular weight is 336 g/mol. The van der Waals surface area contributed by atoms with Crippen molar-refractivity contribution in [1.29, 1.82) is 0 Å². The Bertz CT molecular complexity index is 1020. The minimum absolute atomic E-state index is 0.226. The minimum atomic E-state index is -1.25. The number of aromatic carboxylic acids is 1. The van der Waals surface area contributed by atoms with Crippen molar-refractivity contribution in [3.8, 4) is 0 Å². The van der Waals surface area contributed by atoms with Crippen LogP contribution in [0.15, 0.2) is 53.3 Å². The smallest absolute Gasteiger partial charge is 0.357 e. The number of carbonyl (C=O) groups excluding carboxylic acids is 1. The molecular formula is C19H16N2O4. The SMILES string of the molecule is CCc1ccc(C(=O)Cn2nc(C(=O)O)c3ccccc3c2=O)cc1. The van der Waals surface area contributed by atoms with Crippen LogP contribution in [-0.2, 0) is 13.0 Å². The van der Waals surface area contributed by atoms with Crippen LogP contribution < -0.4 is 5.56 Å². The van der Waals surface area contributed by atoms with Gasteiger partial charge < -0.3 is 5.11 Å². The number of aryl methyl sites for hydroxylation is 1. The molecule has 1 N–H and O–H groups in total. The fourth-order valence-electron chi connectivity index (χ4n) is 2.65. The number of aromatic nitrogens is 2. The minimum Gasteiger partial charge on any atom is -0.476 e. The van der Waals surface area contributed by atoms with Crippen molar-refractivity contribution in [1.82, 2.24) is 9.78 Å². The summed E-state index contributed by atoms with van der Waals surface area (Å²) in [5.74, 6) is -1.55. The Labute approximate surface area is 143 Å². The van der Waals surface area contributed by atoms with E-state index in [2.05, 4.69) is 5.10 Å². The predicted molar refractivity (Wildman–Crippen MR) is 93.1 cm³/mol. The van der Waals surface area contributed by atoms with E-state index in [-0.39, 0.29) is 28.8 Å². The Morgan fingerprint density at radius 1 is 1.04 bits per heavy atom. The van der Waals surface area contributed by atoms with Crippen LogP contribution in [-0.4, -0.2) is 26.6 Å². The Kier molecular flexibility index (Phi) is 4.43. The van der Waals surface area contributed by atoms with Crippen LogP contribution in [0, 0.1) is 0 Å². The lowest BCUT2D eigenvalue weighted by Gasteiger charge is -2.08. The molecule has 0 fully saturated rings. The summed E-state index contributed by atoms with van der Waals surface area (Å²) in [6.07, 6.45) is 0.863. The fraction of sp³-hybridized carbons (Fsp3) is 0.158. The highest BCUT2D eigenvalue weighted by molar-refractivity contribution is 6.01. The molecule has 0 unspecified atom stereocenters. The van der Waals surface area contributed by atoms with Gasteiger partial charge in [-0.25, -0.2) is 9.48 Å². The summed E-state index contributed by atoms with van der Waals surface area (Å²) in [6, 6.07) is 13.5. The van der Waals surface area contributed by atoms with Crippen LogP contribution in [0.1, 0.15) is 33.3 Å². The van der Waals surface area contributed by atoms with E-state index in [0.29, 0.717) is 5.56 Å². The zero-order valence-electron chi connectivity index (χ0n) is 13.6. The Hall–Kier alpha value is -3.28. The molecule has 126 valence electrons. The lowest BCUT2D eigenvalue weighted by atomic mass is 10.1. The van der Waals surface area contributed by atoms with E-state index in [0.717, 1.165) is 16.7 Å². The van der Waals surface area contributed by atoms with Gasteiger partial charge in [-0.1, -0.05) is 49.4 Å². The molecule has 1 heterocycles. The van der Waals surface area contributed by atoms with E-state index in [1.165, 1.54) is 12.1 Å². The molecule has 0 radical (unpaired) electrons. The number of carbonyl (C=O) groups is 2. The second-order valence-electron chi connectivity index (χ2n) is 5.64. The zero-order valence-corrected chi connectivity index (χ0v) is 13.6. The van der Waals surface area contributed by atoms with Crippen LogP contribution in [0.4, 0.5) is 0 Å². The molecule has 25 heavy (non-hydrogen) atoms. The lowest BCUT2D eigenvalue weighted by Crippen LogP contribution is -2.29. The summed E-state index contributed by atoms with van der Waals surface area (Å²) < 4.78 is 0.919. The third-order valence-electron chi connectivity index (χ3n) is 4.05. The molecule has 2 aromatic carbocycles. The van der Waals surface area contributed by atoms with Gasteiger partial charge in [-0.05, 0) is 18.1 Å². The largest absolute Gasteiger partial charge is 0.476 e. The van der Waals surface area contributed by atoms with Crippen LogP contribution in [0.2, 0.25) is 0 Å². The number of ketones is 1. The highest BCUT2D eigenvalue weighted by atomic mass is 16.4. The maximum absolute atomic E-state index is 12.5. The van der Waals surface area contributed by atoms with Crippen LogP contribution >= 0.6 is 0 Å². The number of rotatable bonds is 5. The van der Waals surface area contributed by atoms with Gasteiger partial charge in [0.1, 0.15) is 6.54 Å². The number of benzene rings is 2.